The zero-order valence-electron chi connectivity index (χ0n) is 15.7. The summed E-state index contributed by atoms with van der Waals surface area (Å²) in [7, 11) is -0.996. The Kier molecular flexibility index (Phi) is 5.69. The average Bonchev–Trinajstić information content (AvgIpc) is 2.68. The molecule has 0 radical (unpaired) electrons. The maximum atomic E-state index is 12.8. The summed E-state index contributed by atoms with van der Waals surface area (Å²) < 4.78 is 38.3. The Balaban J connectivity index is 1.78. The molecule has 0 atom stereocenters. The van der Waals surface area contributed by atoms with Crippen molar-refractivity contribution in [3.05, 3.63) is 30.6 Å². The highest BCUT2D eigenvalue weighted by Gasteiger charge is 2.22. The molecule has 9 heteroatoms. The van der Waals surface area contributed by atoms with Crippen molar-refractivity contribution in [3.8, 4) is 11.5 Å². The molecule has 0 aliphatic carbocycles. The minimum atomic E-state index is -3.88. The number of ether oxygens (including phenoxy) is 2. The molecule has 1 fully saturated rings. The van der Waals surface area contributed by atoms with Crippen LogP contribution in [0.15, 0.2) is 35.5 Å². The smallest absolute Gasteiger partial charge is 0.265 e. The van der Waals surface area contributed by atoms with Crippen LogP contribution in [0.5, 0.6) is 11.5 Å². The fraction of sp³-hybridized carbons (Fsp3) is 0.444. The molecular weight excluding hydrogens is 368 g/mol. The van der Waals surface area contributed by atoms with Gasteiger partial charge in [0, 0.05) is 19.2 Å². The number of methoxy groups -OCH3 is 2. The van der Waals surface area contributed by atoms with Crippen molar-refractivity contribution in [2.45, 2.75) is 24.7 Å². The molecule has 27 heavy (non-hydrogen) atoms. The lowest BCUT2D eigenvalue weighted by Crippen LogP contribution is -2.34. The summed E-state index contributed by atoms with van der Waals surface area (Å²) in [6, 6.07) is 4.59. The van der Waals surface area contributed by atoms with E-state index in [4.69, 9.17) is 9.47 Å². The van der Waals surface area contributed by atoms with Gasteiger partial charge in [0.2, 0.25) is 5.95 Å². The van der Waals surface area contributed by atoms with Crippen molar-refractivity contribution in [2.75, 3.05) is 36.9 Å². The maximum absolute atomic E-state index is 12.8. The monoisotopic (exact) mass is 392 g/mol. The van der Waals surface area contributed by atoms with Crippen molar-refractivity contribution < 1.29 is 17.9 Å². The molecule has 1 N–H and O–H groups in total. The van der Waals surface area contributed by atoms with Gasteiger partial charge in [0.25, 0.3) is 10.0 Å². The lowest BCUT2D eigenvalue weighted by atomic mass is 10.00. The van der Waals surface area contributed by atoms with Crippen molar-refractivity contribution >= 4 is 21.7 Å². The fourth-order valence-electron chi connectivity index (χ4n) is 2.95. The molecule has 0 unspecified atom stereocenters. The van der Waals surface area contributed by atoms with Crippen LogP contribution in [0, 0.1) is 5.92 Å². The van der Waals surface area contributed by atoms with E-state index in [0.29, 0.717) is 17.6 Å². The second kappa shape index (κ2) is 7.99. The molecule has 0 amide bonds. The third-order valence-electron chi connectivity index (χ3n) is 4.62. The van der Waals surface area contributed by atoms with Crippen LogP contribution >= 0.6 is 0 Å². The molecule has 8 nitrogen and oxygen atoms in total. The van der Waals surface area contributed by atoms with E-state index in [1.54, 1.807) is 12.1 Å². The first-order valence-electron chi connectivity index (χ1n) is 8.75. The zero-order valence-corrected chi connectivity index (χ0v) is 16.5. The van der Waals surface area contributed by atoms with Crippen molar-refractivity contribution in [1.29, 1.82) is 0 Å². The second-order valence-corrected chi connectivity index (χ2v) is 8.21. The SMILES string of the molecule is COc1ccc(OC)c(S(=O)(=O)Nc2cnc(N3CCC(C)CC3)nc2)c1. The summed E-state index contributed by atoms with van der Waals surface area (Å²) in [4.78, 5) is 10.7. The highest BCUT2D eigenvalue weighted by Crippen LogP contribution is 2.29. The number of aromatic nitrogens is 2. The molecule has 1 aromatic heterocycles. The first kappa shape index (κ1) is 19.2. The van der Waals surface area contributed by atoms with Gasteiger partial charge in [-0.2, -0.15) is 0 Å². The molecular formula is C18H24N4O4S. The normalized spacial score (nSPS) is 15.4. The molecule has 2 heterocycles. The van der Waals surface area contributed by atoms with Gasteiger partial charge < -0.3 is 14.4 Å². The van der Waals surface area contributed by atoms with Crippen LogP contribution in [0.2, 0.25) is 0 Å². The van der Waals surface area contributed by atoms with Crippen LogP contribution in [0.25, 0.3) is 0 Å². The summed E-state index contributed by atoms with van der Waals surface area (Å²) in [6.45, 7) is 4.06. The van der Waals surface area contributed by atoms with Crippen LogP contribution in [0.3, 0.4) is 0 Å². The quantitative estimate of drug-likeness (QED) is 0.807. The van der Waals surface area contributed by atoms with E-state index in [0.717, 1.165) is 25.9 Å². The molecule has 1 aliphatic rings. The first-order chi connectivity index (χ1) is 12.9. The van der Waals surface area contributed by atoms with Crippen LogP contribution in [-0.2, 0) is 10.0 Å². The van der Waals surface area contributed by atoms with Crippen LogP contribution in [0.4, 0.5) is 11.6 Å². The Morgan fingerprint density at radius 2 is 1.78 bits per heavy atom. The molecule has 1 aromatic carbocycles. The molecule has 146 valence electrons. The van der Waals surface area contributed by atoms with Gasteiger partial charge >= 0.3 is 0 Å². The van der Waals surface area contributed by atoms with E-state index in [9.17, 15) is 8.42 Å². The van der Waals surface area contributed by atoms with Gasteiger partial charge in [-0.3, -0.25) is 4.72 Å². The Labute approximate surface area is 159 Å². The molecule has 0 bridgehead atoms. The molecule has 1 saturated heterocycles. The zero-order chi connectivity index (χ0) is 19.4. The number of hydrogen-bond acceptors (Lipinski definition) is 7. The van der Waals surface area contributed by atoms with Gasteiger partial charge in [-0.1, -0.05) is 6.92 Å². The minimum Gasteiger partial charge on any atom is -0.497 e. The molecule has 0 spiro atoms. The Morgan fingerprint density at radius 1 is 1.11 bits per heavy atom. The maximum Gasteiger partial charge on any atom is 0.265 e. The number of anilines is 2. The highest BCUT2D eigenvalue weighted by atomic mass is 32.2. The van der Waals surface area contributed by atoms with Gasteiger partial charge in [0.05, 0.1) is 32.3 Å². The van der Waals surface area contributed by atoms with Crippen LogP contribution in [0.1, 0.15) is 19.8 Å². The van der Waals surface area contributed by atoms with Gasteiger partial charge in [-0.05, 0) is 30.9 Å². The molecule has 1 aliphatic heterocycles. The van der Waals surface area contributed by atoms with Gasteiger partial charge in [0.1, 0.15) is 16.4 Å². The van der Waals surface area contributed by atoms with E-state index in [1.165, 1.54) is 32.7 Å². The average molecular weight is 392 g/mol. The summed E-state index contributed by atoms with van der Waals surface area (Å²) in [5.41, 5.74) is 0.286. The number of piperidine rings is 1. The second-order valence-electron chi connectivity index (χ2n) is 6.56. The summed E-state index contributed by atoms with van der Waals surface area (Å²) >= 11 is 0. The molecule has 0 saturated carbocycles. The predicted octanol–water partition coefficient (Wildman–Crippen LogP) is 2.53. The number of benzene rings is 1. The highest BCUT2D eigenvalue weighted by molar-refractivity contribution is 7.92. The van der Waals surface area contributed by atoms with E-state index in [-0.39, 0.29) is 16.3 Å². The molecule has 3 rings (SSSR count). The number of hydrogen-bond donors (Lipinski definition) is 1. The number of rotatable bonds is 6. The fourth-order valence-corrected chi connectivity index (χ4v) is 4.16. The number of nitrogens with zero attached hydrogens (tertiary/aromatic N) is 3. The standard InChI is InChI=1S/C18H24N4O4S/c1-13-6-8-22(9-7-13)18-19-11-14(12-20-18)21-27(23,24)17-10-15(25-2)4-5-16(17)26-3/h4-5,10-13,21H,6-9H2,1-3H3. The van der Waals surface area contributed by atoms with Crippen molar-refractivity contribution in [2.24, 2.45) is 5.92 Å². The minimum absolute atomic E-state index is 0.0153. The topological polar surface area (TPSA) is 93.6 Å². The largest absolute Gasteiger partial charge is 0.497 e. The summed E-state index contributed by atoms with van der Waals surface area (Å²) in [6.07, 6.45) is 5.16. The van der Waals surface area contributed by atoms with Gasteiger partial charge in [0.15, 0.2) is 0 Å². The van der Waals surface area contributed by atoms with Crippen LogP contribution in [-0.4, -0.2) is 45.7 Å². The first-order valence-corrected chi connectivity index (χ1v) is 10.2. The van der Waals surface area contributed by atoms with Crippen molar-refractivity contribution in [1.82, 2.24) is 9.97 Å². The van der Waals surface area contributed by atoms with E-state index < -0.39 is 10.0 Å². The third-order valence-corrected chi connectivity index (χ3v) is 6.02. The molecule has 2 aromatic rings. The third kappa shape index (κ3) is 4.41. The number of nitrogens with one attached hydrogen (secondary N) is 1. The van der Waals surface area contributed by atoms with E-state index in [1.807, 2.05) is 0 Å². The Morgan fingerprint density at radius 3 is 2.37 bits per heavy atom. The van der Waals surface area contributed by atoms with Crippen LogP contribution < -0.4 is 19.1 Å². The lowest BCUT2D eigenvalue weighted by Gasteiger charge is -2.30. The van der Waals surface area contributed by atoms with E-state index >= 15 is 0 Å². The van der Waals surface area contributed by atoms with Crippen molar-refractivity contribution in [3.63, 3.8) is 0 Å². The lowest BCUT2D eigenvalue weighted by molar-refractivity contribution is 0.392. The van der Waals surface area contributed by atoms with Gasteiger partial charge in [-0.15, -0.1) is 0 Å². The predicted molar refractivity (Wildman–Crippen MR) is 103 cm³/mol. The summed E-state index contributed by atoms with van der Waals surface area (Å²) in [5.74, 6) is 1.97. The van der Waals surface area contributed by atoms with E-state index in [2.05, 4.69) is 26.5 Å². The summed E-state index contributed by atoms with van der Waals surface area (Å²) in [5, 5.41) is 0. The Hall–Kier alpha value is -2.55. The Bertz CT molecular complexity index is 879. The van der Waals surface area contributed by atoms with Gasteiger partial charge in [-0.25, -0.2) is 18.4 Å². The number of sulfonamides is 1.